The normalized spacial score (nSPS) is 12.7. The quantitative estimate of drug-likeness (QED) is 0.124. The largest absolute Gasteiger partial charge is 0.468 e. The third-order valence-corrected chi connectivity index (χ3v) is 6.42. The van der Waals surface area contributed by atoms with E-state index in [1.54, 1.807) is 12.1 Å². The molecule has 2 aromatic rings. The minimum Gasteiger partial charge on any atom is -0.468 e. The fourth-order valence-electron chi connectivity index (χ4n) is 2.82. The number of hydrogen-bond donors (Lipinski definition) is 5. The molecule has 13 nitrogen and oxygen atoms in total. The van der Waals surface area contributed by atoms with Crippen molar-refractivity contribution >= 4 is 51.1 Å². The van der Waals surface area contributed by atoms with Crippen LogP contribution in [0.15, 0.2) is 34.2 Å². The monoisotopic (exact) mass is 526 g/mol. The Balaban J connectivity index is 1.90. The molecule has 1 atom stereocenters. The van der Waals surface area contributed by atoms with Crippen LogP contribution in [0.3, 0.4) is 0 Å². The number of unbranched alkanes of at least 4 members (excludes halogenated alkanes) is 1. The molecule has 2 rings (SSSR count). The molecule has 0 saturated heterocycles. The topological polar surface area (TPSA) is 218 Å². The molecule has 1 heterocycles. The lowest BCUT2D eigenvalue weighted by molar-refractivity contribution is -0.142. The minimum absolute atomic E-state index is 0.0397. The maximum Gasteiger partial charge on any atom is 0.323 e. The lowest BCUT2D eigenvalue weighted by Crippen LogP contribution is -2.41. The van der Waals surface area contributed by atoms with E-state index in [0.717, 1.165) is 5.56 Å². The number of esters is 1. The summed E-state index contributed by atoms with van der Waals surface area (Å²) >= 11 is 5.75. The molecule has 1 aromatic heterocycles. The van der Waals surface area contributed by atoms with Crippen molar-refractivity contribution in [1.82, 2.24) is 20.0 Å². The molecule has 0 spiro atoms. The van der Waals surface area contributed by atoms with Gasteiger partial charge in [-0.25, -0.2) is 18.4 Å². The molecule has 0 aliphatic heterocycles. The second-order valence-corrected chi connectivity index (χ2v) is 9.43. The smallest absolute Gasteiger partial charge is 0.323 e. The number of aryl methyl sites for hydroxylation is 1. The van der Waals surface area contributed by atoms with Crippen molar-refractivity contribution in [2.24, 2.45) is 10.7 Å². The number of carbonyl (C=O) groups is 2. The highest BCUT2D eigenvalue weighted by molar-refractivity contribution is 7.89. The van der Waals surface area contributed by atoms with E-state index in [-0.39, 0.29) is 46.3 Å². The average molecular weight is 527 g/mol. The Morgan fingerprint density at radius 2 is 1.80 bits per heavy atom. The number of hydrogen-bond acceptors (Lipinski definition) is 10. The summed E-state index contributed by atoms with van der Waals surface area (Å²) in [6.07, 6.45) is 1.01. The molecule has 0 aliphatic carbocycles. The van der Waals surface area contributed by atoms with Gasteiger partial charge >= 0.3 is 5.97 Å². The van der Waals surface area contributed by atoms with Crippen LogP contribution in [0, 0.1) is 6.92 Å². The second kappa shape index (κ2) is 12.3. The number of sulfonamides is 1. The lowest BCUT2D eigenvalue weighted by Gasteiger charge is -2.16. The third-order valence-electron chi connectivity index (χ3n) is 4.66. The highest BCUT2D eigenvalue weighted by atomic mass is 35.5. The fourth-order valence-corrected chi connectivity index (χ4v) is 4.17. The number of methoxy groups -OCH3 is 1. The van der Waals surface area contributed by atoms with E-state index in [1.807, 2.05) is 6.92 Å². The van der Waals surface area contributed by atoms with Gasteiger partial charge in [0.05, 0.1) is 12.0 Å². The summed E-state index contributed by atoms with van der Waals surface area (Å²) in [4.78, 5) is 35.8. The predicted molar refractivity (Wildman–Crippen MR) is 131 cm³/mol. The Labute approximate surface area is 207 Å². The minimum atomic E-state index is -3.92. The van der Waals surface area contributed by atoms with Gasteiger partial charge in [0.1, 0.15) is 6.04 Å². The third kappa shape index (κ3) is 8.05. The van der Waals surface area contributed by atoms with Crippen LogP contribution in [-0.4, -0.2) is 55.9 Å². The molecular weight excluding hydrogens is 500 g/mol. The van der Waals surface area contributed by atoms with Gasteiger partial charge in [-0.05, 0) is 38.3 Å². The van der Waals surface area contributed by atoms with E-state index < -0.39 is 27.9 Å². The number of nitrogens with zero attached hydrogens (tertiary/aromatic N) is 3. The van der Waals surface area contributed by atoms with Gasteiger partial charge in [0.25, 0.3) is 5.91 Å². The summed E-state index contributed by atoms with van der Waals surface area (Å²) in [5, 5.41) is 2.12. The van der Waals surface area contributed by atoms with Crippen LogP contribution in [0.5, 0.6) is 0 Å². The maximum absolute atomic E-state index is 12.6. The molecule has 8 N–H and O–H groups in total. The van der Waals surface area contributed by atoms with Crippen molar-refractivity contribution in [2.75, 3.05) is 25.1 Å². The zero-order chi connectivity index (χ0) is 26.2. The summed E-state index contributed by atoms with van der Waals surface area (Å²) in [6, 6.07) is 5.14. The number of amides is 1. The van der Waals surface area contributed by atoms with Crippen LogP contribution in [0.1, 0.15) is 35.3 Å². The van der Waals surface area contributed by atoms with E-state index in [2.05, 4.69) is 25.0 Å². The summed E-state index contributed by atoms with van der Waals surface area (Å²) in [6.45, 7) is 2.02. The zero-order valence-electron chi connectivity index (χ0n) is 19.1. The Bertz CT molecular complexity index is 1200. The van der Waals surface area contributed by atoms with E-state index in [9.17, 15) is 18.0 Å². The number of rotatable bonds is 10. The van der Waals surface area contributed by atoms with Crippen molar-refractivity contribution in [3.05, 3.63) is 40.7 Å². The summed E-state index contributed by atoms with van der Waals surface area (Å²) < 4.78 is 32.3. The fraction of sp³-hybridized carbons (Fsp3) is 0.350. The molecule has 0 radical (unpaired) electrons. The number of nitrogens with two attached hydrogens (primary N) is 3. The molecular formula is C20H27ClN8O5S. The number of nitrogen functional groups attached to an aromatic ring is 2. The number of carbonyl (C=O) groups excluding carboxylic acids is 2. The average Bonchev–Trinajstić information content (AvgIpc) is 2.80. The van der Waals surface area contributed by atoms with Crippen LogP contribution in [0.4, 0.5) is 11.6 Å². The maximum atomic E-state index is 12.6. The predicted octanol–water partition coefficient (Wildman–Crippen LogP) is 0.338. The van der Waals surface area contributed by atoms with Crippen molar-refractivity contribution in [1.29, 1.82) is 0 Å². The van der Waals surface area contributed by atoms with Crippen LogP contribution in [-0.2, 0) is 19.6 Å². The standard InChI is InChI=1S/C20H27ClN8O5S/c1-11-6-8-12(9-7-11)35(32,33)29-13(19(31)34-2)5-3-4-10-25-20(24)28-18(30)14-16(22)27-17(23)15(21)26-14/h6-9,13,29H,3-5,10H2,1-2H3,(H4,22,23,27)(H3,24,25,28,30)/t13-/m0/s1. The number of guanidine groups is 1. The van der Waals surface area contributed by atoms with Crippen molar-refractivity contribution in [3.63, 3.8) is 0 Å². The van der Waals surface area contributed by atoms with Gasteiger partial charge in [-0.2, -0.15) is 4.72 Å². The first-order chi connectivity index (χ1) is 16.4. The van der Waals surface area contributed by atoms with Crippen LogP contribution < -0.4 is 27.2 Å². The van der Waals surface area contributed by atoms with Gasteiger partial charge in [-0.15, -0.1) is 0 Å². The van der Waals surface area contributed by atoms with Gasteiger partial charge in [-0.3, -0.25) is 19.9 Å². The first-order valence-electron chi connectivity index (χ1n) is 10.3. The first-order valence-corrected chi connectivity index (χ1v) is 12.2. The van der Waals surface area contributed by atoms with Gasteiger partial charge < -0.3 is 21.9 Å². The highest BCUT2D eigenvalue weighted by Gasteiger charge is 2.26. The van der Waals surface area contributed by atoms with E-state index in [4.69, 9.17) is 33.5 Å². The van der Waals surface area contributed by atoms with Crippen LogP contribution >= 0.6 is 11.6 Å². The molecule has 190 valence electrons. The van der Waals surface area contributed by atoms with Crippen LogP contribution in [0.25, 0.3) is 0 Å². The van der Waals surface area contributed by atoms with E-state index >= 15 is 0 Å². The Kier molecular flexibility index (Phi) is 9.74. The second-order valence-electron chi connectivity index (χ2n) is 7.36. The number of halogens is 1. The SMILES string of the molecule is COC(=O)[C@H](CCCCN=C(N)NC(=O)c1nc(Cl)c(N)nc1N)NS(=O)(=O)c1ccc(C)cc1. The number of ether oxygens (including phenoxy) is 1. The number of aliphatic imine (C=N–C) groups is 1. The zero-order valence-corrected chi connectivity index (χ0v) is 20.7. The molecule has 0 aliphatic rings. The number of benzene rings is 1. The molecule has 15 heteroatoms. The Morgan fingerprint density at radius 3 is 2.43 bits per heavy atom. The number of nitrogens with one attached hydrogen (secondary N) is 2. The molecule has 0 unspecified atom stereocenters. The number of aromatic nitrogens is 2. The Morgan fingerprint density at radius 1 is 1.14 bits per heavy atom. The van der Waals surface area contributed by atoms with Crippen molar-refractivity contribution in [3.8, 4) is 0 Å². The van der Waals surface area contributed by atoms with Crippen molar-refractivity contribution < 1.29 is 22.7 Å². The van der Waals surface area contributed by atoms with Gasteiger partial charge in [0.15, 0.2) is 28.4 Å². The van der Waals surface area contributed by atoms with Gasteiger partial charge in [0, 0.05) is 6.54 Å². The molecule has 1 amide bonds. The Hall–Kier alpha value is -3.49. The molecule has 0 bridgehead atoms. The molecule has 35 heavy (non-hydrogen) atoms. The highest BCUT2D eigenvalue weighted by Crippen LogP contribution is 2.17. The summed E-state index contributed by atoms with van der Waals surface area (Å²) in [7, 11) is -2.75. The molecule has 0 fully saturated rings. The first kappa shape index (κ1) is 27.8. The summed E-state index contributed by atoms with van der Waals surface area (Å²) in [5.74, 6) is -2.02. The summed E-state index contributed by atoms with van der Waals surface area (Å²) in [5.41, 5.74) is 17.4. The van der Waals surface area contributed by atoms with E-state index in [1.165, 1.54) is 19.2 Å². The van der Waals surface area contributed by atoms with Gasteiger partial charge in [0.2, 0.25) is 10.0 Å². The van der Waals surface area contributed by atoms with E-state index in [0.29, 0.717) is 12.8 Å². The molecule has 1 aromatic carbocycles. The lowest BCUT2D eigenvalue weighted by atomic mass is 10.1. The molecule has 0 saturated carbocycles. The van der Waals surface area contributed by atoms with Crippen molar-refractivity contribution in [2.45, 2.75) is 37.1 Å². The van der Waals surface area contributed by atoms with Crippen LogP contribution in [0.2, 0.25) is 5.15 Å². The van der Waals surface area contributed by atoms with Gasteiger partial charge in [-0.1, -0.05) is 29.3 Å². The number of anilines is 2.